The fourth-order valence-corrected chi connectivity index (χ4v) is 3.81. The van der Waals surface area contributed by atoms with Crippen molar-refractivity contribution >= 4 is 22.7 Å². The minimum atomic E-state index is -0.207. The summed E-state index contributed by atoms with van der Waals surface area (Å²) in [5.41, 5.74) is 2.06. The van der Waals surface area contributed by atoms with E-state index >= 15 is 0 Å². The van der Waals surface area contributed by atoms with Crippen LogP contribution in [-0.2, 0) is 17.8 Å². The van der Waals surface area contributed by atoms with E-state index in [1.54, 1.807) is 9.80 Å². The van der Waals surface area contributed by atoms with Crippen molar-refractivity contribution in [3.8, 4) is 0 Å². The van der Waals surface area contributed by atoms with E-state index in [9.17, 15) is 14.4 Å². The summed E-state index contributed by atoms with van der Waals surface area (Å²) in [5, 5.41) is 5.26. The van der Waals surface area contributed by atoms with Gasteiger partial charge in [0.25, 0.3) is 11.5 Å². The predicted molar refractivity (Wildman–Crippen MR) is 113 cm³/mol. The Bertz CT molecular complexity index is 1130. The summed E-state index contributed by atoms with van der Waals surface area (Å²) >= 11 is 0. The van der Waals surface area contributed by atoms with Crippen molar-refractivity contribution in [3.05, 3.63) is 64.2 Å². The molecule has 1 aliphatic heterocycles. The van der Waals surface area contributed by atoms with E-state index in [4.69, 9.17) is 0 Å². The van der Waals surface area contributed by atoms with Gasteiger partial charge in [0.05, 0.1) is 6.42 Å². The van der Waals surface area contributed by atoms with Crippen LogP contribution in [0.5, 0.6) is 0 Å². The van der Waals surface area contributed by atoms with Crippen LogP contribution in [0.3, 0.4) is 0 Å². The molecule has 3 aromatic rings. The molecule has 0 bridgehead atoms. The zero-order valence-electron chi connectivity index (χ0n) is 17.0. The van der Waals surface area contributed by atoms with Crippen molar-refractivity contribution in [2.24, 2.45) is 0 Å². The lowest BCUT2D eigenvalue weighted by Crippen LogP contribution is -2.51. The predicted octanol–water partition coefficient (Wildman–Crippen LogP) is 1.66. The molecule has 30 heavy (non-hydrogen) atoms. The lowest BCUT2D eigenvalue weighted by molar-refractivity contribution is -0.131. The van der Waals surface area contributed by atoms with E-state index < -0.39 is 0 Å². The van der Waals surface area contributed by atoms with Crippen LogP contribution in [-0.4, -0.2) is 62.6 Å². The molecule has 0 aliphatic carbocycles. The molecule has 1 aliphatic rings. The van der Waals surface area contributed by atoms with E-state index in [-0.39, 0.29) is 23.1 Å². The first-order valence-electron chi connectivity index (χ1n) is 10.3. The highest BCUT2D eigenvalue weighted by Gasteiger charge is 2.26. The smallest absolute Gasteiger partial charge is 0.274 e. The van der Waals surface area contributed by atoms with Gasteiger partial charge >= 0.3 is 0 Å². The number of aromatic amines is 1. The van der Waals surface area contributed by atoms with E-state index in [1.807, 2.05) is 37.4 Å². The molecule has 3 heterocycles. The minimum absolute atomic E-state index is 0.0569. The van der Waals surface area contributed by atoms with Gasteiger partial charge in [-0.3, -0.25) is 14.4 Å². The van der Waals surface area contributed by atoms with Gasteiger partial charge in [-0.15, -0.1) is 0 Å². The summed E-state index contributed by atoms with van der Waals surface area (Å²) in [6.45, 7) is 4.31. The normalized spacial score (nSPS) is 14.3. The Balaban J connectivity index is 1.37. The highest BCUT2D eigenvalue weighted by Crippen LogP contribution is 2.19. The Labute approximate surface area is 174 Å². The number of rotatable bonds is 5. The Morgan fingerprint density at radius 2 is 1.77 bits per heavy atom. The lowest BCUT2D eigenvalue weighted by atomic mass is 10.1. The lowest BCUT2D eigenvalue weighted by Gasteiger charge is -2.34. The van der Waals surface area contributed by atoms with Crippen LogP contribution in [0.25, 0.3) is 10.9 Å². The molecule has 1 fully saturated rings. The van der Waals surface area contributed by atoms with Gasteiger partial charge in [-0.05, 0) is 24.1 Å². The molecule has 0 radical (unpaired) electrons. The zero-order chi connectivity index (χ0) is 21.1. The number of piperazine rings is 1. The molecule has 1 aromatic carbocycles. The summed E-state index contributed by atoms with van der Waals surface area (Å²) in [5.74, 6) is -0.148. The number of aromatic nitrogens is 3. The molecular formula is C22H25N5O3. The second-order valence-electron chi connectivity index (χ2n) is 7.49. The number of H-pyrrole nitrogens is 1. The van der Waals surface area contributed by atoms with Crippen LogP contribution in [0, 0.1) is 0 Å². The third-order valence-corrected chi connectivity index (χ3v) is 5.46. The number of carbonyl (C=O) groups excluding carboxylic acids is 2. The quantitative estimate of drug-likeness (QED) is 0.696. The molecule has 0 atom stereocenters. The molecule has 2 aromatic heterocycles. The Kier molecular flexibility index (Phi) is 5.65. The Morgan fingerprint density at radius 1 is 1.03 bits per heavy atom. The number of fused-ring (bicyclic) bond motifs is 1. The van der Waals surface area contributed by atoms with Crippen LogP contribution in [0.2, 0.25) is 0 Å². The van der Waals surface area contributed by atoms with Gasteiger partial charge in [-0.1, -0.05) is 25.1 Å². The fourth-order valence-electron chi connectivity index (χ4n) is 3.81. The first-order valence-corrected chi connectivity index (χ1v) is 10.3. The molecule has 1 N–H and O–H groups in total. The molecule has 2 amide bonds. The highest BCUT2D eigenvalue weighted by atomic mass is 16.2. The Morgan fingerprint density at radius 3 is 2.53 bits per heavy atom. The largest absolute Gasteiger partial charge is 0.361 e. The van der Waals surface area contributed by atoms with Crippen molar-refractivity contribution in [3.63, 3.8) is 0 Å². The summed E-state index contributed by atoms with van der Waals surface area (Å²) in [7, 11) is 0. The van der Waals surface area contributed by atoms with E-state index in [0.717, 1.165) is 22.9 Å². The maximum atomic E-state index is 12.8. The van der Waals surface area contributed by atoms with Crippen molar-refractivity contribution in [1.82, 2.24) is 24.6 Å². The molecule has 0 spiro atoms. The van der Waals surface area contributed by atoms with Crippen molar-refractivity contribution in [1.29, 1.82) is 0 Å². The van der Waals surface area contributed by atoms with Gasteiger partial charge in [0, 0.05) is 55.9 Å². The number of para-hydroxylation sites is 1. The third-order valence-electron chi connectivity index (χ3n) is 5.46. The fraction of sp³-hybridized carbons (Fsp3) is 0.364. The topological polar surface area (TPSA) is 91.3 Å². The summed E-state index contributed by atoms with van der Waals surface area (Å²) in [6, 6.07) is 10.8. The molecule has 0 saturated carbocycles. The van der Waals surface area contributed by atoms with E-state index in [1.165, 1.54) is 16.8 Å². The number of nitrogens with one attached hydrogen (secondary N) is 1. The first kappa shape index (κ1) is 19.9. The summed E-state index contributed by atoms with van der Waals surface area (Å²) in [4.78, 5) is 44.1. The summed E-state index contributed by atoms with van der Waals surface area (Å²) < 4.78 is 1.33. The summed E-state index contributed by atoms with van der Waals surface area (Å²) in [6.07, 6.45) is 2.99. The molecule has 4 rings (SSSR count). The number of aryl methyl sites for hydroxylation is 1. The Hall–Kier alpha value is -3.42. The average Bonchev–Trinajstić information content (AvgIpc) is 3.18. The van der Waals surface area contributed by atoms with Gasteiger partial charge < -0.3 is 14.8 Å². The van der Waals surface area contributed by atoms with Gasteiger partial charge in [0.15, 0.2) is 0 Å². The first-order chi connectivity index (χ1) is 14.6. The molecule has 1 saturated heterocycles. The van der Waals surface area contributed by atoms with Crippen molar-refractivity contribution < 1.29 is 9.59 Å². The van der Waals surface area contributed by atoms with Crippen LogP contribution in [0.4, 0.5) is 0 Å². The number of hydrogen-bond acceptors (Lipinski definition) is 4. The number of nitrogens with zero attached hydrogens (tertiary/aromatic N) is 4. The van der Waals surface area contributed by atoms with E-state index in [0.29, 0.717) is 39.1 Å². The second kappa shape index (κ2) is 8.52. The van der Waals surface area contributed by atoms with Crippen LogP contribution >= 0.6 is 0 Å². The molecule has 8 nitrogen and oxygen atoms in total. The number of benzene rings is 1. The van der Waals surface area contributed by atoms with E-state index in [2.05, 4.69) is 10.1 Å². The standard InChI is InChI=1S/C22H25N5O3/c1-2-9-27-20(28)8-7-19(24-27)22(30)26-12-10-25(11-13-26)21(29)14-16-15-23-18-6-4-3-5-17(16)18/h3-8,15,23H,2,9-14H2,1H3. The van der Waals surface area contributed by atoms with Gasteiger partial charge in [-0.2, -0.15) is 5.10 Å². The third kappa shape index (κ3) is 3.98. The van der Waals surface area contributed by atoms with Gasteiger partial charge in [0.1, 0.15) is 5.69 Å². The van der Waals surface area contributed by atoms with Crippen molar-refractivity contribution in [2.75, 3.05) is 26.2 Å². The van der Waals surface area contributed by atoms with Crippen LogP contribution in [0.15, 0.2) is 47.4 Å². The second-order valence-corrected chi connectivity index (χ2v) is 7.49. The molecule has 0 unspecified atom stereocenters. The van der Waals surface area contributed by atoms with Crippen molar-refractivity contribution in [2.45, 2.75) is 26.3 Å². The monoisotopic (exact) mass is 407 g/mol. The van der Waals surface area contributed by atoms with Crippen LogP contribution in [0.1, 0.15) is 29.4 Å². The maximum absolute atomic E-state index is 12.8. The van der Waals surface area contributed by atoms with Crippen LogP contribution < -0.4 is 5.56 Å². The molecule has 156 valence electrons. The zero-order valence-corrected chi connectivity index (χ0v) is 17.0. The SMILES string of the molecule is CCCn1nc(C(=O)N2CCN(C(=O)Cc3c[nH]c4ccccc34)CC2)ccc1=O. The number of amides is 2. The van der Waals surface area contributed by atoms with Gasteiger partial charge in [-0.25, -0.2) is 4.68 Å². The van der Waals surface area contributed by atoms with Gasteiger partial charge in [0.2, 0.25) is 5.91 Å². The maximum Gasteiger partial charge on any atom is 0.274 e. The molecule has 8 heteroatoms. The highest BCUT2D eigenvalue weighted by molar-refractivity contribution is 5.92. The number of carbonyl (C=O) groups is 2. The average molecular weight is 407 g/mol. The minimum Gasteiger partial charge on any atom is -0.361 e. The number of hydrogen-bond donors (Lipinski definition) is 1. The molecular weight excluding hydrogens is 382 g/mol.